The number of hydrogen-bond donors (Lipinski definition) is 2. The van der Waals surface area contributed by atoms with Crippen LogP contribution in [0, 0.1) is 0 Å². The van der Waals surface area contributed by atoms with Crippen LogP contribution in [-0.4, -0.2) is 25.6 Å². The second-order valence-corrected chi connectivity index (χ2v) is 5.04. The van der Waals surface area contributed by atoms with Crippen molar-refractivity contribution in [3.63, 3.8) is 0 Å². The maximum absolute atomic E-state index is 12.1. The van der Waals surface area contributed by atoms with Crippen LogP contribution < -0.4 is 15.4 Å². The topological polar surface area (TPSA) is 50.4 Å². The maximum Gasteiger partial charge on any atom is 0.241 e. The van der Waals surface area contributed by atoms with E-state index in [9.17, 15) is 4.79 Å². The Kier molecular flexibility index (Phi) is 3.56. The Hall–Kier alpha value is -2.07. The van der Waals surface area contributed by atoms with Crippen LogP contribution in [-0.2, 0) is 4.79 Å². The number of rotatable bonds is 3. The Balaban J connectivity index is 1.89. The van der Waals surface area contributed by atoms with Gasteiger partial charge in [0.15, 0.2) is 0 Å². The van der Waals surface area contributed by atoms with E-state index in [1.165, 1.54) is 0 Å². The van der Waals surface area contributed by atoms with E-state index < -0.39 is 0 Å². The number of methoxy groups -OCH3 is 1. The van der Waals surface area contributed by atoms with Gasteiger partial charge in [-0.2, -0.15) is 0 Å². The first-order valence-corrected chi connectivity index (χ1v) is 6.89. The van der Waals surface area contributed by atoms with E-state index in [0.29, 0.717) is 0 Å². The molecule has 0 spiro atoms. The average Bonchev–Trinajstić information content (AvgIpc) is 3.00. The Morgan fingerprint density at radius 1 is 1.35 bits per heavy atom. The molecule has 2 N–H and O–H groups in total. The van der Waals surface area contributed by atoms with Gasteiger partial charge in [-0.25, -0.2) is 0 Å². The molecule has 1 fully saturated rings. The summed E-state index contributed by atoms with van der Waals surface area (Å²) < 4.78 is 5.41. The largest absolute Gasteiger partial charge is 0.496 e. The Morgan fingerprint density at radius 2 is 2.20 bits per heavy atom. The van der Waals surface area contributed by atoms with Crippen molar-refractivity contribution in [3.05, 3.63) is 36.4 Å². The fourth-order valence-corrected chi connectivity index (χ4v) is 2.65. The lowest BCUT2D eigenvalue weighted by Crippen LogP contribution is -2.35. The van der Waals surface area contributed by atoms with Gasteiger partial charge in [0.25, 0.3) is 0 Å². The summed E-state index contributed by atoms with van der Waals surface area (Å²) in [5.41, 5.74) is 0.777. The van der Waals surface area contributed by atoms with E-state index in [4.69, 9.17) is 4.74 Å². The van der Waals surface area contributed by atoms with Crippen molar-refractivity contribution in [2.24, 2.45) is 0 Å². The van der Waals surface area contributed by atoms with E-state index >= 15 is 0 Å². The Bertz CT molecular complexity index is 633. The molecule has 1 aliphatic heterocycles. The molecule has 4 nitrogen and oxygen atoms in total. The molecule has 2 aromatic rings. The molecule has 0 bridgehead atoms. The molecule has 0 aromatic heterocycles. The first-order chi connectivity index (χ1) is 9.78. The smallest absolute Gasteiger partial charge is 0.241 e. The number of benzene rings is 2. The van der Waals surface area contributed by atoms with E-state index in [1.54, 1.807) is 7.11 Å². The lowest BCUT2D eigenvalue weighted by atomic mass is 10.1. The molecular formula is C16H18N2O2. The zero-order valence-corrected chi connectivity index (χ0v) is 11.5. The van der Waals surface area contributed by atoms with Crippen LogP contribution in [0.5, 0.6) is 5.75 Å². The molecule has 0 aliphatic carbocycles. The second kappa shape index (κ2) is 5.51. The lowest BCUT2D eigenvalue weighted by Gasteiger charge is -2.13. The molecule has 1 amide bonds. The highest BCUT2D eigenvalue weighted by molar-refractivity contribution is 5.99. The number of hydrogen-bond acceptors (Lipinski definition) is 3. The summed E-state index contributed by atoms with van der Waals surface area (Å²) in [7, 11) is 1.64. The van der Waals surface area contributed by atoms with Crippen molar-refractivity contribution in [1.29, 1.82) is 0 Å². The third-order valence-corrected chi connectivity index (χ3v) is 3.69. The summed E-state index contributed by atoms with van der Waals surface area (Å²) in [4.78, 5) is 12.1. The van der Waals surface area contributed by atoms with Gasteiger partial charge in [0.05, 0.1) is 13.2 Å². The Labute approximate surface area is 118 Å². The minimum absolute atomic E-state index is 0.0276. The highest BCUT2D eigenvalue weighted by Crippen LogP contribution is 2.29. The predicted octanol–water partition coefficient (Wildman–Crippen LogP) is 2.54. The molecule has 3 rings (SSSR count). The summed E-state index contributed by atoms with van der Waals surface area (Å²) >= 11 is 0. The van der Waals surface area contributed by atoms with Crippen LogP contribution in [0.15, 0.2) is 36.4 Å². The highest BCUT2D eigenvalue weighted by Gasteiger charge is 2.22. The van der Waals surface area contributed by atoms with Gasteiger partial charge in [-0.05, 0) is 30.8 Å². The molecule has 4 heteroatoms. The number of nitrogens with one attached hydrogen (secondary N) is 2. The first kappa shape index (κ1) is 12.9. The van der Waals surface area contributed by atoms with Gasteiger partial charge in [-0.15, -0.1) is 0 Å². The summed E-state index contributed by atoms with van der Waals surface area (Å²) in [5.74, 6) is 0.803. The summed E-state index contributed by atoms with van der Waals surface area (Å²) in [6.45, 7) is 0.916. The molecular weight excluding hydrogens is 252 g/mol. The van der Waals surface area contributed by atoms with Crippen LogP contribution in [0.4, 0.5) is 5.69 Å². The van der Waals surface area contributed by atoms with Gasteiger partial charge in [0.1, 0.15) is 5.75 Å². The van der Waals surface area contributed by atoms with E-state index in [1.807, 2.05) is 36.4 Å². The van der Waals surface area contributed by atoms with Crippen LogP contribution in [0.1, 0.15) is 12.8 Å². The number of amides is 1. The van der Waals surface area contributed by atoms with E-state index in [2.05, 4.69) is 10.6 Å². The standard InChI is InChI=1S/C16H18N2O2/c1-20-15-10-12(9-11-5-2-3-6-13(11)15)18-16(19)14-7-4-8-17-14/h2-3,5-6,9-10,14,17H,4,7-8H2,1H3,(H,18,19)/t14-/m1/s1. The zero-order valence-electron chi connectivity index (χ0n) is 11.5. The van der Waals surface area contributed by atoms with Gasteiger partial charge >= 0.3 is 0 Å². The minimum atomic E-state index is -0.0764. The summed E-state index contributed by atoms with van der Waals surface area (Å²) in [6, 6.07) is 11.8. The SMILES string of the molecule is COc1cc(NC(=O)[C@H]2CCCN2)cc2ccccc12. The fraction of sp³-hybridized carbons (Fsp3) is 0.312. The van der Waals surface area contributed by atoms with Gasteiger partial charge in [0, 0.05) is 17.1 Å². The average molecular weight is 270 g/mol. The summed E-state index contributed by atoms with van der Waals surface area (Å²) in [5, 5.41) is 8.27. The number of anilines is 1. The van der Waals surface area contributed by atoms with E-state index in [-0.39, 0.29) is 11.9 Å². The van der Waals surface area contributed by atoms with Crippen molar-refractivity contribution in [1.82, 2.24) is 5.32 Å². The highest BCUT2D eigenvalue weighted by atomic mass is 16.5. The summed E-state index contributed by atoms with van der Waals surface area (Å²) in [6.07, 6.45) is 1.95. The van der Waals surface area contributed by atoms with Crippen molar-refractivity contribution >= 4 is 22.4 Å². The molecule has 0 radical (unpaired) electrons. The van der Waals surface area contributed by atoms with Crippen molar-refractivity contribution in [3.8, 4) is 5.75 Å². The number of ether oxygens (including phenoxy) is 1. The van der Waals surface area contributed by atoms with Crippen molar-refractivity contribution in [2.75, 3.05) is 19.0 Å². The minimum Gasteiger partial charge on any atom is -0.496 e. The fourth-order valence-electron chi connectivity index (χ4n) is 2.65. The molecule has 104 valence electrons. The molecule has 1 saturated heterocycles. The van der Waals surface area contributed by atoms with Crippen LogP contribution in [0.3, 0.4) is 0 Å². The Morgan fingerprint density at radius 3 is 2.95 bits per heavy atom. The number of carbonyl (C=O) groups is 1. The second-order valence-electron chi connectivity index (χ2n) is 5.04. The van der Waals surface area contributed by atoms with Gasteiger partial charge in [-0.3, -0.25) is 4.79 Å². The quantitative estimate of drug-likeness (QED) is 0.901. The normalized spacial score (nSPS) is 18.1. The molecule has 0 saturated carbocycles. The van der Waals surface area contributed by atoms with Crippen molar-refractivity contribution in [2.45, 2.75) is 18.9 Å². The van der Waals surface area contributed by atoms with E-state index in [0.717, 1.165) is 41.6 Å². The van der Waals surface area contributed by atoms with Crippen molar-refractivity contribution < 1.29 is 9.53 Å². The maximum atomic E-state index is 12.1. The monoisotopic (exact) mass is 270 g/mol. The molecule has 1 heterocycles. The third kappa shape index (κ3) is 2.47. The van der Waals surface area contributed by atoms with Gasteiger partial charge in [0.2, 0.25) is 5.91 Å². The predicted molar refractivity (Wildman–Crippen MR) is 80.2 cm³/mol. The molecule has 2 aromatic carbocycles. The molecule has 1 aliphatic rings. The third-order valence-electron chi connectivity index (χ3n) is 3.69. The number of fused-ring (bicyclic) bond motifs is 1. The zero-order chi connectivity index (χ0) is 13.9. The first-order valence-electron chi connectivity index (χ1n) is 6.89. The van der Waals surface area contributed by atoms with Crippen LogP contribution in [0.2, 0.25) is 0 Å². The lowest BCUT2D eigenvalue weighted by molar-refractivity contribution is -0.117. The molecule has 0 unspecified atom stereocenters. The molecule has 20 heavy (non-hydrogen) atoms. The van der Waals surface area contributed by atoms with Crippen LogP contribution in [0.25, 0.3) is 10.8 Å². The van der Waals surface area contributed by atoms with Gasteiger partial charge < -0.3 is 15.4 Å². The molecule has 1 atom stereocenters. The van der Waals surface area contributed by atoms with Gasteiger partial charge in [-0.1, -0.05) is 24.3 Å². The number of carbonyl (C=O) groups excluding carboxylic acids is 1. The van der Waals surface area contributed by atoms with Crippen LogP contribution >= 0.6 is 0 Å².